The van der Waals surface area contributed by atoms with E-state index in [0.29, 0.717) is 34.3 Å². The quantitative estimate of drug-likeness (QED) is 0.317. The number of nitrogens with zero attached hydrogens (tertiary/aromatic N) is 1. The Morgan fingerprint density at radius 3 is 2.68 bits per heavy atom. The molecule has 1 aliphatic heterocycles. The first-order chi connectivity index (χ1) is 15.0. The third-order valence-electron chi connectivity index (χ3n) is 4.68. The number of unbranched alkanes of at least 4 members (excludes halogenated alkanes) is 2. The zero-order valence-electron chi connectivity index (χ0n) is 17.1. The number of amides is 2. The molecule has 2 aromatic rings. The van der Waals surface area contributed by atoms with Crippen LogP contribution in [0.25, 0.3) is 6.08 Å². The number of thiocarbonyl (C=S) groups is 1. The molecule has 0 atom stereocenters. The largest absolute Gasteiger partial charge is 0.497 e. The van der Waals surface area contributed by atoms with Crippen molar-refractivity contribution in [2.75, 3.05) is 19.0 Å². The first-order valence-electron chi connectivity index (χ1n) is 9.91. The van der Waals surface area contributed by atoms with Gasteiger partial charge in [0, 0.05) is 18.7 Å². The zero-order chi connectivity index (χ0) is 22.2. The Labute approximate surface area is 190 Å². The van der Waals surface area contributed by atoms with Crippen molar-refractivity contribution < 1.29 is 18.7 Å². The maximum Gasteiger partial charge on any atom is 0.266 e. The topological polar surface area (TPSA) is 58.6 Å². The summed E-state index contributed by atoms with van der Waals surface area (Å²) in [6, 6.07) is 13.3. The molecule has 0 radical (unpaired) electrons. The fraction of sp³-hybridized carbons (Fsp3) is 0.261. The van der Waals surface area contributed by atoms with Crippen LogP contribution in [-0.4, -0.2) is 34.7 Å². The summed E-state index contributed by atoms with van der Waals surface area (Å²) in [6.45, 7) is 0.524. The molecule has 8 heteroatoms. The normalized spacial score (nSPS) is 14.9. The molecule has 1 N–H and O–H groups in total. The van der Waals surface area contributed by atoms with Gasteiger partial charge >= 0.3 is 0 Å². The third kappa shape index (κ3) is 6.63. The summed E-state index contributed by atoms with van der Waals surface area (Å²) in [7, 11) is 1.61. The first-order valence-corrected chi connectivity index (χ1v) is 11.1. The summed E-state index contributed by atoms with van der Waals surface area (Å²) in [6.07, 6.45) is 4.38. The van der Waals surface area contributed by atoms with Crippen LogP contribution in [0, 0.1) is 5.82 Å². The van der Waals surface area contributed by atoms with Gasteiger partial charge in [-0.2, -0.15) is 0 Å². The van der Waals surface area contributed by atoms with E-state index in [1.54, 1.807) is 24.1 Å². The lowest BCUT2D eigenvalue weighted by molar-refractivity contribution is -0.122. The molecule has 1 saturated heterocycles. The van der Waals surface area contributed by atoms with Gasteiger partial charge in [0.1, 0.15) is 15.9 Å². The van der Waals surface area contributed by atoms with E-state index >= 15 is 0 Å². The fourth-order valence-corrected chi connectivity index (χ4v) is 4.37. The van der Waals surface area contributed by atoms with Crippen LogP contribution >= 0.6 is 24.0 Å². The molecule has 5 nitrogen and oxygen atoms in total. The standard InChI is InChI=1S/C23H23FN2O3S2/c1-29-19-11-9-16(10-12-19)14-20-22(28)26(23(30)31-20)13-4-2-3-8-21(27)25-18-7-5-6-17(24)15-18/h5-7,9-12,14-15H,2-4,8,13H2,1H3,(H,25,27). The van der Waals surface area contributed by atoms with Crippen LogP contribution in [0.5, 0.6) is 5.75 Å². The number of anilines is 1. The van der Waals surface area contributed by atoms with Gasteiger partial charge in [0.25, 0.3) is 5.91 Å². The molecule has 1 aliphatic rings. The van der Waals surface area contributed by atoms with Crippen molar-refractivity contribution in [3.8, 4) is 5.75 Å². The minimum atomic E-state index is -0.387. The summed E-state index contributed by atoms with van der Waals surface area (Å²) in [4.78, 5) is 26.9. The summed E-state index contributed by atoms with van der Waals surface area (Å²) < 4.78 is 18.9. The van der Waals surface area contributed by atoms with Crippen LogP contribution < -0.4 is 10.1 Å². The third-order valence-corrected chi connectivity index (χ3v) is 6.06. The lowest BCUT2D eigenvalue weighted by atomic mass is 10.1. The van der Waals surface area contributed by atoms with Gasteiger partial charge in [0.15, 0.2) is 0 Å². The Bertz CT molecular complexity index is 993. The van der Waals surface area contributed by atoms with Crippen LogP contribution in [0.15, 0.2) is 53.4 Å². The van der Waals surface area contributed by atoms with Crippen molar-refractivity contribution >= 4 is 51.9 Å². The summed E-state index contributed by atoms with van der Waals surface area (Å²) in [5, 5.41) is 2.68. The van der Waals surface area contributed by atoms with E-state index in [4.69, 9.17) is 17.0 Å². The second-order valence-corrected chi connectivity index (χ2v) is 8.65. The Hall–Kier alpha value is -2.71. The number of halogens is 1. The van der Waals surface area contributed by atoms with Crippen molar-refractivity contribution in [2.24, 2.45) is 0 Å². The predicted molar refractivity (Wildman–Crippen MR) is 126 cm³/mol. The number of hydrogen-bond acceptors (Lipinski definition) is 5. The maximum absolute atomic E-state index is 13.2. The zero-order valence-corrected chi connectivity index (χ0v) is 18.7. The second-order valence-electron chi connectivity index (χ2n) is 6.98. The Balaban J connectivity index is 1.42. The van der Waals surface area contributed by atoms with Crippen LogP contribution in [0.2, 0.25) is 0 Å². The monoisotopic (exact) mass is 458 g/mol. The smallest absolute Gasteiger partial charge is 0.266 e. The number of carbonyl (C=O) groups is 2. The van der Waals surface area contributed by atoms with E-state index in [1.807, 2.05) is 30.3 Å². The molecule has 0 spiro atoms. The van der Waals surface area contributed by atoms with Gasteiger partial charge in [-0.15, -0.1) is 0 Å². The van der Waals surface area contributed by atoms with Gasteiger partial charge in [0.05, 0.1) is 12.0 Å². The molecule has 0 bridgehead atoms. The molecule has 31 heavy (non-hydrogen) atoms. The number of rotatable bonds is 9. The second kappa shape index (κ2) is 11.1. The SMILES string of the molecule is COc1ccc(C=C2SC(=S)N(CCCCCC(=O)Nc3cccc(F)c3)C2=O)cc1. The van der Waals surface area contributed by atoms with E-state index < -0.39 is 0 Å². The molecule has 0 saturated carbocycles. The van der Waals surface area contributed by atoms with Gasteiger partial charge in [-0.3, -0.25) is 14.5 Å². The van der Waals surface area contributed by atoms with Gasteiger partial charge < -0.3 is 10.1 Å². The van der Waals surface area contributed by atoms with Gasteiger partial charge in [-0.05, 0) is 54.8 Å². The average Bonchev–Trinajstić information content (AvgIpc) is 3.01. The van der Waals surface area contributed by atoms with Crippen molar-refractivity contribution in [3.05, 3.63) is 64.8 Å². The predicted octanol–water partition coefficient (Wildman–Crippen LogP) is 5.23. The summed E-state index contributed by atoms with van der Waals surface area (Å²) in [5.41, 5.74) is 1.36. The fourth-order valence-electron chi connectivity index (χ4n) is 3.07. The molecule has 0 unspecified atom stereocenters. The molecular formula is C23H23FN2O3S2. The number of thioether (sulfide) groups is 1. The van der Waals surface area contributed by atoms with Crippen molar-refractivity contribution in [2.45, 2.75) is 25.7 Å². The first kappa shape index (κ1) is 23.0. The molecule has 1 heterocycles. The highest BCUT2D eigenvalue weighted by Gasteiger charge is 2.31. The molecule has 162 valence electrons. The lowest BCUT2D eigenvalue weighted by Crippen LogP contribution is -2.29. The number of carbonyl (C=O) groups excluding carboxylic acids is 2. The van der Waals surface area contributed by atoms with Crippen molar-refractivity contribution in [1.82, 2.24) is 4.90 Å². The van der Waals surface area contributed by atoms with Gasteiger partial charge in [-0.25, -0.2) is 4.39 Å². The van der Waals surface area contributed by atoms with E-state index in [9.17, 15) is 14.0 Å². The van der Waals surface area contributed by atoms with Crippen LogP contribution in [0.4, 0.5) is 10.1 Å². The van der Waals surface area contributed by atoms with E-state index in [-0.39, 0.29) is 17.6 Å². The molecule has 0 aliphatic carbocycles. The molecule has 1 fully saturated rings. The number of hydrogen-bond donors (Lipinski definition) is 1. The minimum absolute atomic E-state index is 0.0883. The van der Waals surface area contributed by atoms with Crippen molar-refractivity contribution in [3.63, 3.8) is 0 Å². The highest BCUT2D eigenvalue weighted by Crippen LogP contribution is 2.33. The molecule has 3 rings (SSSR count). The van der Waals surface area contributed by atoms with E-state index in [1.165, 1.54) is 23.9 Å². The van der Waals surface area contributed by atoms with Crippen LogP contribution in [-0.2, 0) is 9.59 Å². The Kier molecular flexibility index (Phi) is 8.20. The van der Waals surface area contributed by atoms with Gasteiger partial charge in [-0.1, -0.05) is 48.6 Å². The molecule has 2 amide bonds. The average molecular weight is 459 g/mol. The van der Waals surface area contributed by atoms with Crippen LogP contribution in [0.3, 0.4) is 0 Å². The van der Waals surface area contributed by atoms with E-state index in [2.05, 4.69) is 5.32 Å². The molecular weight excluding hydrogens is 435 g/mol. The summed E-state index contributed by atoms with van der Waals surface area (Å²) in [5.74, 6) is 0.130. The van der Waals surface area contributed by atoms with Gasteiger partial charge in [0.2, 0.25) is 5.91 Å². The Morgan fingerprint density at radius 2 is 1.97 bits per heavy atom. The lowest BCUT2D eigenvalue weighted by Gasteiger charge is -2.14. The highest BCUT2D eigenvalue weighted by molar-refractivity contribution is 8.26. The van der Waals surface area contributed by atoms with Crippen molar-refractivity contribution in [1.29, 1.82) is 0 Å². The number of nitrogens with one attached hydrogen (secondary N) is 1. The Morgan fingerprint density at radius 1 is 1.19 bits per heavy atom. The van der Waals surface area contributed by atoms with E-state index in [0.717, 1.165) is 24.2 Å². The number of benzene rings is 2. The minimum Gasteiger partial charge on any atom is -0.497 e. The van der Waals surface area contributed by atoms with Crippen LogP contribution in [0.1, 0.15) is 31.2 Å². The number of methoxy groups -OCH3 is 1. The maximum atomic E-state index is 13.2. The molecule has 0 aromatic heterocycles. The highest BCUT2D eigenvalue weighted by atomic mass is 32.2. The summed E-state index contributed by atoms with van der Waals surface area (Å²) >= 11 is 6.67. The number of ether oxygens (including phenoxy) is 1. The molecule has 2 aromatic carbocycles.